The maximum Gasteiger partial charge on any atom is 0.175 e. The van der Waals surface area contributed by atoms with Crippen molar-refractivity contribution < 1.29 is 12.8 Å². The van der Waals surface area contributed by atoms with Crippen LogP contribution in [-0.4, -0.2) is 20.7 Å². The molecule has 0 radical (unpaired) electrons. The van der Waals surface area contributed by atoms with Crippen molar-refractivity contribution in [3.05, 3.63) is 60.1 Å². The second-order valence-corrected chi connectivity index (χ2v) is 8.03. The highest BCUT2D eigenvalue weighted by Crippen LogP contribution is 2.27. The molecule has 4 nitrogen and oxygen atoms in total. The zero-order valence-corrected chi connectivity index (χ0v) is 13.9. The van der Waals surface area contributed by atoms with Crippen molar-refractivity contribution in [1.29, 1.82) is 0 Å². The number of nitrogens with one attached hydrogen (secondary N) is 1. The number of benzene rings is 1. The summed E-state index contributed by atoms with van der Waals surface area (Å²) in [4.78, 5) is 0.369. The minimum atomic E-state index is -3.14. The molecule has 0 saturated carbocycles. The smallest absolute Gasteiger partial charge is 0.175 e. The quantitative estimate of drug-likeness (QED) is 0.930. The Morgan fingerprint density at radius 3 is 2.61 bits per heavy atom. The Bertz CT molecular complexity index is 761. The first-order valence-electron chi connectivity index (χ1n) is 7.79. The van der Waals surface area contributed by atoms with E-state index in [1.807, 2.05) is 18.2 Å². The fraction of sp³-hybridized carbons (Fsp3) is 0.333. The molecule has 2 aromatic rings. The third kappa shape index (κ3) is 4.12. The summed E-state index contributed by atoms with van der Waals surface area (Å²) in [5.74, 6) is 0. The van der Waals surface area contributed by atoms with Crippen LogP contribution in [0.3, 0.4) is 0 Å². The third-order valence-electron chi connectivity index (χ3n) is 4.20. The first-order chi connectivity index (χ1) is 11.0. The van der Waals surface area contributed by atoms with E-state index in [0.29, 0.717) is 10.9 Å². The van der Waals surface area contributed by atoms with E-state index in [-0.39, 0.29) is 6.04 Å². The number of rotatable bonds is 4. The van der Waals surface area contributed by atoms with Gasteiger partial charge in [0.2, 0.25) is 0 Å². The Morgan fingerprint density at radius 1 is 1.17 bits per heavy atom. The summed E-state index contributed by atoms with van der Waals surface area (Å²) < 4.78 is 28.1. The van der Waals surface area contributed by atoms with Gasteiger partial charge in [-0.25, -0.2) is 8.42 Å². The highest BCUT2D eigenvalue weighted by molar-refractivity contribution is 7.90. The van der Waals surface area contributed by atoms with Gasteiger partial charge in [0.25, 0.3) is 0 Å². The Hall–Kier alpha value is -1.85. The van der Waals surface area contributed by atoms with Crippen LogP contribution in [0.1, 0.15) is 36.4 Å². The normalized spacial score (nSPS) is 22.5. The number of hydrogen-bond donors (Lipinski definition) is 1. The maximum atomic E-state index is 11.5. The molecular weight excluding hydrogens is 310 g/mol. The summed E-state index contributed by atoms with van der Waals surface area (Å²) in [7, 11) is -3.14. The first-order valence-corrected chi connectivity index (χ1v) is 9.68. The SMILES string of the molecule is CS(=O)(=O)c1ccc(C2CCCC(/C=C/c3ccoc3)N2)cc1. The standard InChI is InChI=1S/C18H21NO3S/c1-23(20,21)17-9-6-15(7-10-17)18-4-2-3-16(19-18)8-5-14-11-12-22-13-14/h5-13,16,18-19H,2-4H2,1H3/b8-5+. The summed E-state index contributed by atoms with van der Waals surface area (Å²) in [6.07, 6.45) is 12.2. The number of piperidine rings is 1. The molecule has 0 aliphatic carbocycles. The Morgan fingerprint density at radius 2 is 1.96 bits per heavy atom. The number of furan rings is 1. The van der Waals surface area contributed by atoms with Crippen molar-refractivity contribution in [3.8, 4) is 0 Å². The van der Waals surface area contributed by atoms with Crippen molar-refractivity contribution in [3.63, 3.8) is 0 Å². The molecule has 1 aromatic carbocycles. The van der Waals surface area contributed by atoms with Crippen LogP contribution < -0.4 is 5.32 Å². The zero-order chi connectivity index (χ0) is 16.3. The first kappa shape index (κ1) is 16.0. The van der Waals surface area contributed by atoms with Crippen molar-refractivity contribution in [2.75, 3.05) is 6.26 Å². The van der Waals surface area contributed by atoms with Crippen molar-refractivity contribution in [2.24, 2.45) is 0 Å². The Labute approximate surface area is 137 Å². The zero-order valence-electron chi connectivity index (χ0n) is 13.1. The van der Waals surface area contributed by atoms with E-state index >= 15 is 0 Å². The summed E-state index contributed by atoms with van der Waals surface area (Å²) >= 11 is 0. The van der Waals surface area contributed by atoms with Gasteiger partial charge in [-0.1, -0.05) is 24.3 Å². The predicted molar refractivity (Wildman–Crippen MR) is 90.8 cm³/mol. The third-order valence-corrected chi connectivity index (χ3v) is 5.33. The minimum absolute atomic E-state index is 0.261. The van der Waals surface area contributed by atoms with E-state index in [9.17, 15) is 8.42 Å². The molecular formula is C18H21NO3S. The van der Waals surface area contributed by atoms with E-state index in [4.69, 9.17) is 4.42 Å². The molecule has 2 heterocycles. The Kier molecular flexibility index (Phi) is 4.68. The van der Waals surface area contributed by atoms with E-state index < -0.39 is 9.84 Å². The van der Waals surface area contributed by atoms with Crippen molar-refractivity contribution >= 4 is 15.9 Å². The minimum Gasteiger partial charge on any atom is -0.472 e. The van der Waals surface area contributed by atoms with E-state index in [1.165, 1.54) is 6.26 Å². The van der Waals surface area contributed by atoms with E-state index in [2.05, 4.69) is 17.5 Å². The van der Waals surface area contributed by atoms with Gasteiger partial charge in [-0.05, 0) is 43.0 Å². The van der Waals surface area contributed by atoms with Gasteiger partial charge in [-0.2, -0.15) is 0 Å². The van der Waals surface area contributed by atoms with Gasteiger partial charge in [-0.15, -0.1) is 0 Å². The molecule has 1 aliphatic rings. The van der Waals surface area contributed by atoms with Crippen LogP contribution in [0.2, 0.25) is 0 Å². The molecule has 122 valence electrons. The Balaban J connectivity index is 1.68. The van der Waals surface area contributed by atoms with E-state index in [0.717, 1.165) is 30.4 Å². The van der Waals surface area contributed by atoms with Crippen LogP contribution in [0.4, 0.5) is 0 Å². The lowest BCUT2D eigenvalue weighted by Crippen LogP contribution is -2.35. The molecule has 0 bridgehead atoms. The largest absolute Gasteiger partial charge is 0.472 e. The molecule has 1 N–H and O–H groups in total. The summed E-state index contributed by atoms with van der Waals surface area (Å²) in [6, 6.07) is 9.72. The van der Waals surface area contributed by atoms with Crippen LogP contribution in [0.15, 0.2) is 58.2 Å². The van der Waals surface area contributed by atoms with Crippen LogP contribution in [0, 0.1) is 0 Å². The summed E-state index contributed by atoms with van der Waals surface area (Å²) in [5, 5.41) is 3.62. The van der Waals surface area contributed by atoms with Crippen molar-refractivity contribution in [2.45, 2.75) is 36.2 Å². The van der Waals surface area contributed by atoms with Crippen molar-refractivity contribution in [1.82, 2.24) is 5.32 Å². The lowest BCUT2D eigenvalue weighted by molar-refractivity contribution is 0.363. The predicted octanol–water partition coefficient (Wildman–Crippen LogP) is 3.58. The molecule has 5 heteroatoms. The lowest BCUT2D eigenvalue weighted by Gasteiger charge is -2.29. The van der Waals surface area contributed by atoms with Gasteiger partial charge in [0.1, 0.15) is 0 Å². The topological polar surface area (TPSA) is 59.3 Å². The molecule has 0 amide bonds. The molecule has 1 aliphatic heterocycles. The molecule has 3 rings (SSSR count). The van der Waals surface area contributed by atoms with Crippen LogP contribution >= 0.6 is 0 Å². The van der Waals surface area contributed by atoms with Gasteiger partial charge >= 0.3 is 0 Å². The molecule has 23 heavy (non-hydrogen) atoms. The molecule has 1 aromatic heterocycles. The highest BCUT2D eigenvalue weighted by atomic mass is 32.2. The fourth-order valence-electron chi connectivity index (χ4n) is 2.93. The molecule has 2 unspecified atom stereocenters. The molecule has 0 spiro atoms. The van der Waals surface area contributed by atoms with Gasteiger partial charge < -0.3 is 9.73 Å². The van der Waals surface area contributed by atoms with Gasteiger partial charge in [0, 0.05) is 23.9 Å². The monoisotopic (exact) mass is 331 g/mol. The van der Waals surface area contributed by atoms with Crippen LogP contribution in [-0.2, 0) is 9.84 Å². The number of hydrogen-bond acceptors (Lipinski definition) is 4. The summed E-state index contributed by atoms with van der Waals surface area (Å²) in [6.45, 7) is 0. The van der Waals surface area contributed by atoms with Crippen LogP contribution in [0.5, 0.6) is 0 Å². The highest BCUT2D eigenvalue weighted by Gasteiger charge is 2.20. The fourth-order valence-corrected chi connectivity index (χ4v) is 3.56. The van der Waals surface area contributed by atoms with Crippen LogP contribution in [0.25, 0.3) is 6.08 Å². The van der Waals surface area contributed by atoms with E-state index in [1.54, 1.807) is 24.7 Å². The molecule has 1 fully saturated rings. The second kappa shape index (κ2) is 6.72. The van der Waals surface area contributed by atoms with Gasteiger partial charge in [-0.3, -0.25) is 0 Å². The van der Waals surface area contributed by atoms with Gasteiger partial charge in [0.15, 0.2) is 9.84 Å². The average Bonchev–Trinajstić information content (AvgIpc) is 3.06. The number of sulfone groups is 1. The maximum absolute atomic E-state index is 11.5. The average molecular weight is 331 g/mol. The summed E-state index contributed by atoms with van der Waals surface area (Å²) in [5.41, 5.74) is 2.20. The lowest BCUT2D eigenvalue weighted by atomic mass is 9.93. The van der Waals surface area contributed by atoms with Gasteiger partial charge in [0.05, 0.1) is 17.4 Å². The second-order valence-electron chi connectivity index (χ2n) is 6.01. The molecule has 1 saturated heterocycles. The molecule has 2 atom stereocenters.